The molecule has 0 aromatic carbocycles. The molecule has 2 rings (SSSR count). The van der Waals surface area contributed by atoms with E-state index in [0.29, 0.717) is 11.7 Å². The minimum Gasteiger partial charge on any atom is -0.338 e. The SMILES string of the molecule is CC1CCN(Cc2nc(C(C)(C)N)no2)CC1.Cl. The van der Waals surface area contributed by atoms with Gasteiger partial charge in [0.2, 0.25) is 5.89 Å². The van der Waals surface area contributed by atoms with Crippen molar-refractivity contribution in [2.45, 2.75) is 45.7 Å². The van der Waals surface area contributed by atoms with Crippen molar-refractivity contribution in [3.05, 3.63) is 11.7 Å². The highest BCUT2D eigenvalue weighted by atomic mass is 35.5. The fourth-order valence-electron chi connectivity index (χ4n) is 1.99. The molecule has 1 aromatic rings. The summed E-state index contributed by atoms with van der Waals surface area (Å²) < 4.78 is 5.24. The first-order valence-electron chi connectivity index (χ1n) is 6.29. The van der Waals surface area contributed by atoms with Crippen molar-refractivity contribution < 1.29 is 4.52 Å². The van der Waals surface area contributed by atoms with E-state index in [2.05, 4.69) is 22.0 Å². The summed E-state index contributed by atoms with van der Waals surface area (Å²) in [5.41, 5.74) is 5.39. The number of hydrogen-bond donors (Lipinski definition) is 1. The van der Waals surface area contributed by atoms with Crippen molar-refractivity contribution in [1.29, 1.82) is 0 Å². The summed E-state index contributed by atoms with van der Waals surface area (Å²) in [6.07, 6.45) is 2.51. The van der Waals surface area contributed by atoms with Crippen molar-refractivity contribution in [2.24, 2.45) is 11.7 Å². The molecule has 0 bridgehead atoms. The fourth-order valence-corrected chi connectivity index (χ4v) is 1.99. The minimum atomic E-state index is -0.530. The van der Waals surface area contributed by atoms with Gasteiger partial charge in [-0.25, -0.2) is 0 Å². The summed E-state index contributed by atoms with van der Waals surface area (Å²) >= 11 is 0. The van der Waals surface area contributed by atoms with E-state index < -0.39 is 5.54 Å². The summed E-state index contributed by atoms with van der Waals surface area (Å²) in [7, 11) is 0. The Hall–Kier alpha value is -0.650. The van der Waals surface area contributed by atoms with Crippen LogP contribution in [0.3, 0.4) is 0 Å². The van der Waals surface area contributed by atoms with Crippen LogP contribution in [0.4, 0.5) is 0 Å². The standard InChI is InChI=1S/C12H22N4O.ClH/c1-9-4-6-16(7-5-9)8-10-14-11(15-17-10)12(2,3)13;/h9H,4-8,13H2,1-3H3;1H. The average molecular weight is 275 g/mol. The summed E-state index contributed by atoms with van der Waals surface area (Å²) in [6, 6.07) is 0. The molecular formula is C12H23ClN4O. The molecule has 0 unspecified atom stereocenters. The van der Waals surface area contributed by atoms with Crippen LogP contribution >= 0.6 is 12.4 Å². The van der Waals surface area contributed by atoms with Crippen LogP contribution in [0, 0.1) is 5.92 Å². The van der Waals surface area contributed by atoms with Crippen molar-refractivity contribution in [2.75, 3.05) is 13.1 Å². The lowest BCUT2D eigenvalue weighted by molar-refractivity contribution is 0.165. The predicted molar refractivity (Wildman–Crippen MR) is 72.4 cm³/mol. The molecule has 0 saturated carbocycles. The smallest absolute Gasteiger partial charge is 0.240 e. The Labute approximate surface area is 115 Å². The molecule has 6 heteroatoms. The van der Waals surface area contributed by atoms with Gasteiger partial charge in [0.15, 0.2) is 5.82 Å². The lowest BCUT2D eigenvalue weighted by Gasteiger charge is -2.28. The van der Waals surface area contributed by atoms with E-state index in [0.717, 1.165) is 25.6 Å². The quantitative estimate of drug-likeness (QED) is 0.912. The van der Waals surface area contributed by atoms with Crippen LogP contribution < -0.4 is 5.73 Å². The molecule has 1 aromatic heterocycles. The van der Waals surface area contributed by atoms with Gasteiger partial charge in [-0.3, -0.25) is 4.90 Å². The molecule has 2 N–H and O–H groups in total. The van der Waals surface area contributed by atoms with Crippen LogP contribution in [0.25, 0.3) is 0 Å². The lowest BCUT2D eigenvalue weighted by atomic mass is 9.99. The van der Waals surface area contributed by atoms with Crippen LogP contribution in [-0.2, 0) is 12.1 Å². The van der Waals surface area contributed by atoms with E-state index in [4.69, 9.17) is 10.3 Å². The van der Waals surface area contributed by atoms with Crippen molar-refractivity contribution in [3.63, 3.8) is 0 Å². The Balaban J connectivity index is 0.00000162. The summed E-state index contributed by atoms with van der Waals surface area (Å²) in [4.78, 5) is 6.71. The minimum absolute atomic E-state index is 0. The van der Waals surface area contributed by atoms with E-state index in [9.17, 15) is 0 Å². The highest BCUT2D eigenvalue weighted by Crippen LogP contribution is 2.18. The average Bonchev–Trinajstić information content (AvgIpc) is 2.69. The molecule has 1 fully saturated rings. The molecule has 5 nitrogen and oxygen atoms in total. The van der Waals surface area contributed by atoms with Gasteiger partial charge in [0.05, 0.1) is 12.1 Å². The second-order valence-electron chi connectivity index (χ2n) is 5.69. The Morgan fingerprint density at radius 3 is 2.50 bits per heavy atom. The largest absolute Gasteiger partial charge is 0.338 e. The number of piperidine rings is 1. The molecule has 0 aliphatic carbocycles. The number of likely N-dealkylation sites (tertiary alicyclic amines) is 1. The molecule has 0 amide bonds. The van der Waals surface area contributed by atoms with Gasteiger partial charge in [-0.1, -0.05) is 12.1 Å². The van der Waals surface area contributed by atoms with Crippen LogP contribution in [0.15, 0.2) is 4.52 Å². The summed E-state index contributed by atoms with van der Waals surface area (Å²) in [5, 5.41) is 3.93. The Kier molecular flexibility index (Phi) is 5.13. The van der Waals surface area contributed by atoms with Gasteiger partial charge in [0.1, 0.15) is 0 Å². The zero-order valence-electron chi connectivity index (χ0n) is 11.3. The maximum atomic E-state index is 5.92. The third kappa shape index (κ3) is 3.93. The van der Waals surface area contributed by atoms with Gasteiger partial charge in [-0.2, -0.15) is 4.98 Å². The molecule has 1 aliphatic heterocycles. The molecule has 0 atom stereocenters. The van der Waals surface area contributed by atoms with E-state index in [-0.39, 0.29) is 12.4 Å². The number of nitrogens with two attached hydrogens (primary N) is 1. The van der Waals surface area contributed by atoms with Crippen molar-refractivity contribution in [1.82, 2.24) is 15.0 Å². The maximum Gasteiger partial charge on any atom is 0.240 e. The Morgan fingerprint density at radius 2 is 2.00 bits per heavy atom. The molecule has 1 aliphatic rings. The van der Waals surface area contributed by atoms with E-state index in [1.807, 2.05) is 13.8 Å². The number of aromatic nitrogens is 2. The van der Waals surface area contributed by atoms with Crippen LogP contribution in [0.1, 0.15) is 45.3 Å². The first kappa shape index (κ1) is 15.4. The third-order valence-corrected chi connectivity index (χ3v) is 3.28. The normalized spacial score (nSPS) is 18.7. The summed E-state index contributed by atoms with van der Waals surface area (Å²) in [6.45, 7) is 9.04. The predicted octanol–water partition coefficient (Wildman–Crippen LogP) is 1.92. The van der Waals surface area contributed by atoms with Crippen LogP contribution in [-0.4, -0.2) is 28.1 Å². The van der Waals surface area contributed by atoms with Crippen molar-refractivity contribution >= 4 is 12.4 Å². The zero-order chi connectivity index (χ0) is 12.5. The number of hydrogen-bond acceptors (Lipinski definition) is 5. The molecule has 104 valence electrons. The maximum absolute atomic E-state index is 5.92. The first-order valence-corrected chi connectivity index (χ1v) is 6.29. The number of nitrogens with zero attached hydrogens (tertiary/aromatic N) is 3. The second-order valence-corrected chi connectivity index (χ2v) is 5.69. The molecule has 0 spiro atoms. The van der Waals surface area contributed by atoms with E-state index in [1.54, 1.807) is 0 Å². The monoisotopic (exact) mass is 274 g/mol. The van der Waals surface area contributed by atoms with Gasteiger partial charge in [-0.15, -0.1) is 12.4 Å². The van der Waals surface area contributed by atoms with Gasteiger partial charge in [0.25, 0.3) is 0 Å². The van der Waals surface area contributed by atoms with Gasteiger partial charge >= 0.3 is 0 Å². The molecule has 0 radical (unpaired) electrons. The molecule has 18 heavy (non-hydrogen) atoms. The van der Waals surface area contributed by atoms with E-state index >= 15 is 0 Å². The van der Waals surface area contributed by atoms with E-state index in [1.165, 1.54) is 12.8 Å². The van der Waals surface area contributed by atoms with Crippen molar-refractivity contribution in [3.8, 4) is 0 Å². The first-order chi connectivity index (χ1) is 7.95. The topological polar surface area (TPSA) is 68.2 Å². The van der Waals surface area contributed by atoms with Crippen LogP contribution in [0.5, 0.6) is 0 Å². The fraction of sp³-hybridized carbons (Fsp3) is 0.833. The Bertz CT molecular complexity index is 366. The van der Waals surface area contributed by atoms with Gasteiger partial charge in [-0.05, 0) is 45.7 Å². The van der Waals surface area contributed by atoms with Gasteiger partial charge in [0, 0.05) is 0 Å². The lowest BCUT2D eigenvalue weighted by Crippen LogP contribution is -2.33. The molecule has 2 heterocycles. The second kappa shape index (κ2) is 5.99. The molecule has 1 saturated heterocycles. The highest BCUT2D eigenvalue weighted by molar-refractivity contribution is 5.85. The summed E-state index contributed by atoms with van der Waals surface area (Å²) in [5.74, 6) is 2.10. The zero-order valence-corrected chi connectivity index (χ0v) is 12.2. The number of halogens is 1. The van der Waals surface area contributed by atoms with Gasteiger partial charge < -0.3 is 10.3 Å². The Morgan fingerprint density at radius 1 is 1.39 bits per heavy atom. The number of rotatable bonds is 3. The highest BCUT2D eigenvalue weighted by Gasteiger charge is 2.23. The third-order valence-electron chi connectivity index (χ3n) is 3.28. The van der Waals surface area contributed by atoms with Crippen LogP contribution in [0.2, 0.25) is 0 Å². The molecular weight excluding hydrogens is 252 g/mol.